The van der Waals surface area contributed by atoms with Gasteiger partial charge in [0.1, 0.15) is 5.69 Å². The molecule has 14 heteroatoms. The quantitative estimate of drug-likeness (QED) is 0.0537. The van der Waals surface area contributed by atoms with Crippen molar-refractivity contribution in [3.05, 3.63) is 148 Å². The summed E-state index contributed by atoms with van der Waals surface area (Å²) in [6.07, 6.45) is 0. The molecule has 1 amide bonds. The first-order chi connectivity index (χ1) is 27.5. The van der Waals surface area contributed by atoms with Crippen molar-refractivity contribution in [3.8, 4) is 11.1 Å². The van der Waals surface area contributed by atoms with Crippen molar-refractivity contribution in [2.45, 2.75) is 36.2 Å². The molecule has 0 radical (unpaired) electrons. The van der Waals surface area contributed by atoms with Gasteiger partial charge in [-0.2, -0.15) is 0 Å². The number of benzene rings is 5. The van der Waals surface area contributed by atoms with Gasteiger partial charge in [0.15, 0.2) is 0 Å². The zero-order chi connectivity index (χ0) is 40.4. The van der Waals surface area contributed by atoms with Gasteiger partial charge in [-0.15, -0.1) is 11.8 Å². The number of carbonyl (C=O) groups excluding carboxylic acids is 1. The Balaban J connectivity index is 1.07. The Bertz CT molecular complexity index is 2240. The highest BCUT2D eigenvalue weighted by Crippen LogP contribution is 2.31. The van der Waals surface area contributed by atoms with Gasteiger partial charge in [-0.05, 0) is 90.4 Å². The molecule has 1 heterocycles. The second kappa shape index (κ2) is 19.5. The second-order valence-electron chi connectivity index (χ2n) is 13.8. The van der Waals surface area contributed by atoms with Gasteiger partial charge >= 0.3 is 0 Å². The highest BCUT2D eigenvalue weighted by molar-refractivity contribution is 7.99. The summed E-state index contributed by atoms with van der Waals surface area (Å²) < 4.78 is 28.9. The molecule has 5 aromatic carbocycles. The first-order valence-corrected chi connectivity index (χ1v) is 21.8. The SMILES string of the molecule is CCN(CC)C[C@H](CSc1ccccc1)Nc1ccc(S(=O)(=O)NC(=O)c2ccc(N3CCN(Cc4cc(Cl)ccc4-c4ccccc4)CC3)cc2)cc1[N+](=O)[O-]. The average Bonchev–Trinajstić information content (AvgIpc) is 3.22. The summed E-state index contributed by atoms with van der Waals surface area (Å²) in [4.78, 5) is 32.4. The Morgan fingerprint density at radius 2 is 1.54 bits per heavy atom. The van der Waals surface area contributed by atoms with Crippen LogP contribution < -0.4 is 14.9 Å². The van der Waals surface area contributed by atoms with E-state index in [1.807, 2.05) is 60.7 Å². The number of rotatable bonds is 17. The Morgan fingerprint density at radius 3 is 2.19 bits per heavy atom. The number of likely N-dealkylation sites (N-methyl/N-ethyl adjacent to an activating group) is 1. The molecule has 0 bridgehead atoms. The van der Waals surface area contributed by atoms with E-state index >= 15 is 0 Å². The zero-order valence-corrected chi connectivity index (χ0v) is 34.4. The first-order valence-electron chi connectivity index (χ1n) is 19.0. The molecule has 5 aromatic rings. The topological polar surface area (TPSA) is 128 Å². The minimum Gasteiger partial charge on any atom is -0.375 e. The van der Waals surface area contributed by atoms with Crippen LogP contribution in [0.4, 0.5) is 17.1 Å². The Hall–Kier alpha value is -4.92. The molecule has 1 aliphatic rings. The molecular weight excluding hydrogens is 780 g/mol. The zero-order valence-electron chi connectivity index (χ0n) is 32.0. The van der Waals surface area contributed by atoms with E-state index in [-0.39, 0.29) is 22.2 Å². The van der Waals surface area contributed by atoms with Crippen molar-refractivity contribution >= 4 is 56.4 Å². The van der Waals surface area contributed by atoms with E-state index in [2.05, 4.69) is 56.8 Å². The van der Waals surface area contributed by atoms with E-state index in [0.29, 0.717) is 17.3 Å². The first kappa shape index (κ1) is 41.7. The van der Waals surface area contributed by atoms with Crippen LogP contribution in [0, 0.1) is 10.1 Å². The number of nitro groups is 1. The maximum Gasteiger partial charge on any atom is 0.293 e. The number of nitrogens with one attached hydrogen (secondary N) is 2. The third-order valence-electron chi connectivity index (χ3n) is 10.0. The molecule has 57 heavy (non-hydrogen) atoms. The number of hydrogen-bond acceptors (Lipinski definition) is 10. The number of piperazine rings is 1. The predicted octanol–water partition coefficient (Wildman–Crippen LogP) is 8.27. The van der Waals surface area contributed by atoms with Gasteiger partial charge in [-0.1, -0.05) is 80.0 Å². The van der Waals surface area contributed by atoms with E-state index in [1.165, 1.54) is 17.7 Å². The van der Waals surface area contributed by atoms with Crippen LogP contribution in [0.25, 0.3) is 11.1 Å². The number of thioether (sulfide) groups is 1. The number of anilines is 2. The Labute approximate surface area is 344 Å². The molecular formula is C43H47ClN6O5S2. The summed E-state index contributed by atoms with van der Waals surface area (Å²) in [6, 6.07) is 36.5. The standard InChI is InChI=1S/C43H47ClN6O5S2/c1-3-47(4-2)30-36(31-56-38-13-9-6-10-14-38)45-41-22-20-39(28-42(41)50(52)53)57(54,55)46-43(51)33-15-18-37(19-16-33)49-25-23-48(24-26-49)29-34-27-35(44)17-21-40(34)32-11-7-5-8-12-32/h5-22,27-28,36,45H,3-4,23-26,29-31H2,1-2H3,(H,46,51)/t36-/m1/s1. The summed E-state index contributed by atoms with van der Waals surface area (Å²) in [7, 11) is -4.44. The number of nitrogens with zero attached hydrogens (tertiary/aromatic N) is 4. The summed E-state index contributed by atoms with van der Waals surface area (Å²) in [5.41, 5.74) is 4.36. The summed E-state index contributed by atoms with van der Waals surface area (Å²) in [6.45, 7) is 10.3. The number of amides is 1. The fourth-order valence-electron chi connectivity index (χ4n) is 6.88. The van der Waals surface area contributed by atoms with Gasteiger partial charge in [0.05, 0.1) is 9.82 Å². The van der Waals surface area contributed by atoms with Crippen molar-refractivity contribution < 1.29 is 18.1 Å². The number of nitro benzene ring substituents is 1. The minimum absolute atomic E-state index is 0.151. The number of halogens is 1. The lowest BCUT2D eigenvalue weighted by Crippen LogP contribution is -2.46. The molecule has 1 saturated heterocycles. The summed E-state index contributed by atoms with van der Waals surface area (Å²) in [5.74, 6) is -0.202. The lowest BCUT2D eigenvalue weighted by molar-refractivity contribution is -0.384. The molecule has 1 atom stereocenters. The Morgan fingerprint density at radius 1 is 0.877 bits per heavy atom. The molecule has 1 fully saturated rings. The number of hydrogen-bond donors (Lipinski definition) is 2. The van der Waals surface area contributed by atoms with Crippen molar-refractivity contribution in [1.82, 2.24) is 14.5 Å². The molecule has 2 N–H and O–H groups in total. The van der Waals surface area contributed by atoms with Crippen molar-refractivity contribution in [2.75, 3.05) is 61.8 Å². The lowest BCUT2D eigenvalue weighted by Gasteiger charge is -2.36. The van der Waals surface area contributed by atoms with Crippen molar-refractivity contribution in [1.29, 1.82) is 0 Å². The molecule has 6 rings (SSSR count). The molecule has 298 valence electrons. The monoisotopic (exact) mass is 826 g/mol. The molecule has 0 spiro atoms. The molecule has 0 aromatic heterocycles. The summed E-state index contributed by atoms with van der Waals surface area (Å²) >= 11 is 8.03. The van der Waals surface area contributed by atoms with Gasteiger partial charge in [-0.25, -0.2) is 13.1 Å². The van der Waals surface area contributed by atoms with Gasteiger partial charge in [0, 0.05) is 78.3 Å². The average molecular weight is 827 g/mol. The third-order valence-corrected chi connectivity index (χ3v) is 12.8. The summed E-state index contributed by atoms with van der Waals surface area (Å²) in [5, 5.41) is 16.2. The van der Waals surface area contributed by atoms with Gasteiger partial charge < -0.3 is 15.1 Å². The van der Waals surface area contributed by atoms with Crippen LogP contribution in [-0.2, 0) is 16.6 Å². The van der Waals surface area contributed by atoms with Crippen LogP contribution >= 0.6 is 23.4 Å². The third kappa shape index (κ3) is 11.1. The van der Waals surface area contributed by atoms with Crippen LogP contribution in [0.15, 0.2) is 131 Å². The molecule has 11 nitrogen and oxygen atoms in total. The normalized spacial score (nSPS) is 14.0. The fourth-order valence-corrected chi connectivity index (χ4v) is 9.00. The predicted molar refractivity (Wildman–Crippen MR) is 231 cm³/mol. The van der Waals surface area contributed by atoms with Crippen LogP contribution in [0.5, 0.6) is 0 Å². The van der Waals surface area contributed by atoms with E-state index in [0.717, 1.165) is 73.6 Å². The maximum atomic E-state index is 13.4. The molecule has 0 aliphatic carbocycles. The van der Waals surface area contributed by atoms with Gasteiger partial charge in [-0.3, -0.25) is 19.8 Å². The maximum absolute atomic E-state index is 13.4. The van der Waals surface area contributed by atoms with Crippen LogP contribution in [0.2, 0.25) is 5.02 Å². The second-order valence-corrected chi connectivity index (χ2v) is 17.0. The number of carbonyl (C=O) groups is 1. The molecule has 0 unspecified atom stereocenters. The van der Waals surface area contributed by atoms with Crippen molar-refractivity contribution in [3.63, 3.8) is 0 Å². The van der Waals surface area contributed by atoms with Crippen molar-refractivity contribution in [2.24, 2.45) is 0 Å². The van der Waals surface area contributed by atoms with Gasteiger partial charge in [0.25, 0.3) is 21.6 Å². The minimum atomic E-state index is -4.44. The molecule has 1 aliphatic heterocycles. The van der Waals surface area contributed by atoms with Crippen LogP contribution in [0.3, 0.4) is 0 Å². The number of sulfonamides is 1. The molecule has 0 saturated carbocycles. The highest BCUT2D eigenvalue weighted by Gasteiger charge is 2.26. The Kier molecular flexibility index (Phi) is 14.3. The van der Waals surface area contributed by atoms with Gasteiger partial charge in [0.2, 0.25) is 0 Å². The fraction of sp³-hybridized carbons (Fsp3) is 0.279. The van der Waals surface area contributed by atoms with Crippen LogP contribution in [0.1, 0.15) is 29.8 Å². The van der Waals surface area contributed by atoms with E-state index in [1.54, 1.807) is 36.0 Å². The highest BCUT2D eigenvalue weighted by atomic mass is 35.5. The van der Waals surface area contributed by atoms with Crippen LogP contribution in [-0.4, -0.2) is 86.7 Å². The smallest absolute Gasteiger partial charge is 0.293 e. The lowest BCUT2D eigenvalue weighted by atomic mass is 9.99. The van der Waals surface area contributed by atoms with E-state index in [4.69, 9.17) is 11.6 Å². The van der Waals surface area contributed by atoms with E-state index < -0.39 is 26.5 Å². The van der Waals surface area contributed by atoms with E-state index in [9.17, 15) is 23.3 Å². The largest absolute Gasteiger partial charge is 0.375 e.